The molecule has 0 spiro atoms. The lowest BCUT2D eigenvalue weighted by molar-refractivity contribution is 0.109. The lowest BCUT2D eigenvalue weighted by Gasteiger charge is -2.25. The summed E-state index contributed by atoms with van der Waals surface area (Å²) in [4.78, 5) is -0.0703. The lowest BCUT2D eigenvalue weighted by atomic mass is 9.88. The van der Waals surface area contributed by atoms with Crippen molar-refractivity contribution in [2.75, 3.05) is 6.54 Å². The van der Waals surface area contributed by atoms with Crippen molar-refractivity contribution in [3.05, 3.63) is 28.8 Å². The average Bonchev–Trinajstić information content (AvgIpc) is 2.47. The molecule has 0 radical (unpaired) electrons. The van der Waals surface area contributed by atoms with E-state index in [0.717, 1.165) is 12.8 Å². The zero-order chi connectivity index (χ0) is 15.5. The highest BCUT2D eigenvalue weighted by atomic mass is 35.5. The van der Waals surface area contributed by atoms with Crippen LogP contribution < -0.4 is 4.72 Å². The van der Waals surface area contributed by atoms with Crippen LogP contribution in [0.5, 0.6) is 0 Å². The van der Waals surface area contributed by atoms with Crippen molar-refractivity contribution in [1.29, 1.82) is 5.26 Å². The molecule has 0 bridgehead atoms. The normalized spacial score (nSPS) is 22.7. The first kappa shape index (κ1) is 16.2. The van der Waals surface area contributed by atoms with Crippen molar-refractivity contribution in [3.63, 3.8) is 0 Å². The van der Waals surface area contributed by atoms with E-state index in [2.05, 4.69) is 4.72 Å². The smallest absolute Gasteiger partial charge is 0.242 e. The van der Waals surface area contributed by atoms with Crippen LogP contribution in [-0.2, 0) is 10.0 Å². The summed E-state index contributed by atoms with van der Waals surface area (Å²) in [5.41, 5.74) is 0.251. The molecule has 1 aromatic rings. The van der Waals surface area contributed by atoms with Gasteiger partial charge in [0.2, 0.25) is 10.0 Å². The third-order valence-corrected chi connectivity index (χ3v) is 5.63. The summed E-state index contributed by atoms with van der Waals surface area (Å²) in [5, 5.41) is 18.4. The highest BCUT2D eigenvalue weighted by molar-refractivity contribution is 7.89. The molecule has 7 heteroatoms. The predicted octanol–water partition coefficient (Wildman–Crippen LogP) is 2.04. The van der Waals surface area contributed by atoms with Gasteiger partial charge in [-0.3, -0.25) is 0 Å². The number of hydrogen-bond donors (Lipinski definition) is 2. The Morgan fingerprint density at radius 1 is 1.33 bits per heavy atom. The summed E-state index contributed by atoms with van der Waals surface area (Å²) in [6.45, 7) is 0.322. The van der Waals surface area contributed by atoms with Crippen LogP contribution in [0.2, 0.25) is 5.02 Å². The number of nitriles is 1. The van der Waals surface area contributed by atoms with Gasteiger partial charge in [-0.05, 0) is 49.8 Å². The Balaban J connectivity index is 2.07. The molecule has 0 aromatic heterocycles. The van der Waals surface area contributed by atoms with Crippen molar-refractivity contribution in [2.24, 2.45) is 5.92 Å². The largest absolute Gasteiger partial charge is 0.393 e. The van der Waals surface area contributed by atoms with Crippen molar-refractivity contribution in [2.45, 2.75) is 36.7 Å². The van der Waals surface area contributed by atoms with Crippen LogP contribution in [-0.4, -0.2) is 26.2 Å². The van der Waals surface area contributed by atoms with Crippen molar-refractivity contribution in [1.82, 2.24) is 4.72 Å². The summed E-state index contributed by atoms with van der Waals surface area (Å²) in [5.74, 6) is 0.223. The maximum Gasteiger partial charge on any atom is 0.242 e. The Morgan fingerprint density at radius 3 is 2.62 bits per heavy atom. The van der Waals surface area contributed by atoms with Crippen LogP contribution in [0.3, 0.4) is 0 Å². The van der Waals surface area contributed by atoms with E-state index in [4.69, 9.17) is 16.9 Å². The first-order chi connectivity index (χ1) is 9.92. The molecular weight excluding hydrogens is 312 g/mol. The topological polar surface area (TPSA) is 90.2 Å². The fourth-order valence-corrected chi connectivity index (χ4v) is 4.07. The second-order valence-electron chi connectivity index (χ2n) is 5.28. The van der Waals surface area contributed by atoms with Gasteiger partial charge in [0.25, 0.3) is 0 Å². The SMILES string of the molecule is N#Cc1ccc(Cl)c(S(=O)(=O)NCC2CCC(O)CC2)c1. The fraction of sp³-hybridized carbons (Fsp3) is 0.500. The van der Waals surface area contributed by atoms with Crippen LogP contribution >= 0.6 is 11.6 Å². The van der Waals surface area contributed by atoms with E-state index in [1.54, 1.807) is 0 Å². The number of hydrogen-bond acceptors (Lipinski definition) is 4. The molecule has 1 aromatic carbocycles. The number of aliphatic hydroxyl groups is 1. The van der Waals surface area contributed by atoms with E-state index in [1.807, 2.05) is 6.07 Å². The summed E-state index contributed by atoms with van der Waals surface area (Å²) in [6, 6.07) is 6.06. The molecule has 1 aliphatic rings. The second kappa shape index (κ2) is 6.75. The van der Waals surface area contributed by atoms with Crippen molar-refractivity contribution in [3.8, 4) is 6.07 Å². The van der Waals surface area contributed by atoms with Gasteiger partial charge in [-0.15, -0.1) is 0 Å². The number of benzene rings is 1. The van der Waals surface area contributed by atoms with Gasteiger partial charge >= 0.3 is 0 Å². The van der Waals surface area contributed by atoms with E-state index >= 15 is 0 Å². The van der Waals surface area contributed by atoms with Crippen LogP contribution in [0, 0.1) is 17.2 Å². The van der Waals surface area contributed by atoms with Gasteiger partial charge in [-0.25, -0.2) is 13.1 Å². The van der Waals surface area contributed by atoms with E-state index in [0.29, 0.717) is 19.4 Å². The zero-order valence-electron chi connectivity index (χ0n) is 11.4. The summed E-state index contributed by atoms with van der Waals surface area (Å²) >= 11 is 5.92. The van der Waals surface area contributed by atoms with Crippen LogP contribution in [0.15, 0.2) is 23.1 Å². The minimum Gasteiger partial charge on any atom is -0.393 e. The molecule has 0 heterocycles. The number of nitrogens with zero attached hydrogens (tertiary/aromatic N) is 1. The Bertz CT molecular complexity index is 647. The molecule has 1 aliphatic carbocycles. The molecule has 114 valence electrons. The first-order valence-electron chi connectivity index (χ1n) is 6.80. The van der Waals surface area contributed by atoms with E-state index < -0.39 is 10.0 Å². The molecule has 5 nitrogen and oxygen atoms in total. The van der Waals surface area contributed by atoms with Crippen LogP contribution in [0.25, 0.3) is 0 Å². The molecule has 0 atom stereocenters. The highest BCUT2D eigenvalue weighted by Crippen LogP contribution is 2.25. The van der Waals surface area contributed by atoms with Crippen LogP contribution in [0.4, 0.5) is 0 Å². The first-order valence-corrected chi connectivity index (χ1v) is 8.66. The quantitative estimate of drug-likeness (QED) is 0.885. The molecule has 0 saturated heterocycles. The Hall–Kier alpha value is -1.13. The van der Waals surface area contributed by atoms with Crippen molar-refractivity contribution >= 4 is 21.6 Å². The maximum atomic E-state index is 12.3. The fourth-order valence-electron chi connectivity index (χ4n) is 2.43. The Kier molecular flexibility index (Phi) is 5.22. The molecule has 21 heavy (non-hydrogen) atoms. The number of aliphatic hydroxyl groups excluding tert-OH is 1. The molecule has 0 amide bonds. The summed E-state index contributed by atoms with van der Waals surface area (Å²) in [7, 11) is -3.73. The number of sulfonamides is 1. The van der Waals surface area contributed by atoms with Gasteiger partial charge in [-0.1, -0.05) is 11.6 Å². The zero-order valence-corrected chi connectivity index (χ0v) is 13.0. The monoisotopic (exact) mass is 328 g/mol. The van der Waals surface area contributed by atoms with Gasteiger partial charge in [-0.2, -0.15) is 5.26 Å². The molecule has 1 saturated carbocycles. The summed E-state index contributed by atoms with van der Waals surface area (Å²) in [6.07, 6.45) is 2.75. The van der Waals surface area contributed by atoms with Gasteiger partial charge in [0.15, 0.2) is 0 Å². The average molecular weight is 329 g/mol. The van der Waals surface area contributed by atoms with Crippen molar-refractivity contribution < 1.29 is 13.5 Å². The van der Waals surface area contributed by atoms with E-state index in [9.17, 15) is 13.5 Å². The second-order valence-corrected chi connectivity index (χ2v) is 7.43. The third-order valence-electron chi connectivity index (χ3n) is 3.73. The third kappa shape index (κ3) is 4.17. The van der Waals surface area contributed by atoms with Gasteiger partial charge in [0.05, 0.1) is 22.8 Å². The molecular formula is C14H17ClN2O3S. The minimum atomic E-state index is -3.73. The van der Waals surface area contributed by atoms with Gasteiger partial charge in [0.1, 0.15) is 4.90 Å². The highest BCUT2D eigenvalue weighted by Gasteiger charge is 2.23. The van der Waals surface area contributed by atoms with Gasteiger partial charge < -0.3 is 5.11 Å². The molecule has 2 N–H and O–H groups in total. The predicted molar refractivity (Wildman–Crippen MR) is 79.3 cm³/mol. The Morgan fingerprint density at radius 2 is 2.00 bits per heavy atom. The summed E-state index contributed by atoms with van der Waals surface area (Å²) < 4.78 is 27.1. The minimum absolute atomic E-state index is 0.0703. The van der Waals surface area contributed by atoms with E-state index in [-0.39, 0.29) is 27.5 Å². The van der Waals surface area contributed by atoms with Crippen LogP contribution in [0.1, 0.15) is 31.2 Å². The number of halogens is 1. The number of rotatable bonds is 4. The lowest BCUT2D eigenvalue weighted by Crippen LogP contribution is -2.32. The molecule has 0 aliphatic heterocycles. The van der Waals surface area contributed by atoms with Gasteiger partial charge in [0, 0.05) is 6.54 Å². The number of nitrogens with one attached hydrogen (secondary N) is 1. The molecule has 2 rings (SSSR count). The Labute approximate surface area is 129 Å². The maximum absolute atomic E-state index is 12.3. The molecule has 0 unspecified atom stereocenters. The standard InChI is InChI=1S/C14H17ClN2O3S/c15-13-6-3-11(8-16)7-14(13)21(19,20)17-9-10-1-4-12(18)5-2-10/h3,6-7,10,12,17-18H,1-2,4-5,9H2. The molecule has 1 fully saturated rings. The van der Waals surface area contributed by atoms with E-state index in [1.165, 1.54) is 18.2 Å².